The van der Waals surface area contributed by atoms with Crippen molar-refractivity contribution in [3.05, 3.63) is 82.1 Å². The van der Waals surface area contributed by atoms with E-state index in [4.69, 9.17) is 35.3 Å². The average Bonchev–Trinajstić information content (AvgIpc) is 3.14. The van der Waals surface area contributed by atoms with Crippen molar-refractivity contribution in [2.45, 2.75) is 6.42 Å². The van der Waals surface area contributed by atoms with Crippen molar-refractivity contribution in [1.29, 1.82) is 0 Å². The van der Waals surface area contributed by atoms with E-state index in [-0.39, 0.29) is 23.7 Å². The molecule has 0 saturated heterocycles. The highest BCUT2D eigenvalue weighted by Crippen LogP contribution is 2.40. The molecule has 0 bridgehead atoms. The maximum absolute atomic E-state index is 12.8. The molecule has 0 atom stereocenters. The Morgan fingerprint density at radius 1 is 0.941 bits per heavy atom. The number of ketones is 1. The first-order valence-electron chi connectivity index (χ1n) is 10.2. The average molecular weight is 481 g/mol. The zero-order valence-electron chi connectivity index (χ0n) is 18.7. The Morgan fingerprint density at radius 2 is 1.62 bits per heavy atom. The molecule has 4 rings (SSSR count). The van der Waals surface area contributed by atoms with Gasteiger partial charge in [-0.05, 0) is 53.6 Å². The van der Waals surface area contributed by atoms with Crippen molar-refractivity contribution >= 4 is 29.4 Å². The minimum atomic E-state index is -0.445. The summed E-state index contributed by atoms with van der Waals surface area (Å²) in [7, 11) is 4.53. The van der Waals surface area contributed by atoms with Crippen LogP contribution in [0.25, 0.3) is 6.08 Å². The maximum atomic E-state index is 12.8. The van der Waals surface area contributed by atoms with E-state index >= 15 is 0 Å². The van der Waals surface area contributed by atoms with Crippen molar-refractivity contribution in [3.8, 4) is 28.7 Å². The predicted octanol–water partition coefficient (Wildman–Crippen LogP) is 5.13. The van der Waals surface area contributed by atoms with E-state index in [1.165, 1.54) is 27.4 Å². The number of halogens is 1. The molecule has 3 aromatic rings. The molecule has 174 valence electrons. The maximum Gasteiger partial charge on any atom is 0.315 e. The minimum absolute atomic E-state index is 0.0837. The monoisotopic (exact) mass is 480 g/mol. The summed E-state index contributed by atoms with van der Waals surface area (Å²) in [6.07, 6.45) is 1.67. The van der Waals surface area contributed by atoms with Gasteiger partial charge in [0.25, 0.3) is 0 Å². The van der Waals surface area contributed by atoms with Crippen LogP contribution >= 0.6 is 11.6 Å². The Bertz CT molecular complexity index is 1250. The fourth-order valence-electron chi connectivity index (χ4n) is 3.50. The highest BCUT2D eigenvalue weighted by Gasteiger charge is 2.28. The quantitative estimate of drug-likeness (QED) is 0.263. The number of carbonyl (C=O) groups is 2. The Morgan fingerprint density at radius 3 is 2.24 bits per heavy atom. The fraction of sp³-hybridized carbons (Fsp3) is 0.154. The van der Waals surface area contributed by atoms with Gasteiger partial charge in [-0.1, -0.05) is 23.7 Å². The molecule has 0 spiro atoms. The second-order valence-corrected chi connectivity index (χ2v) is 7.77. The molecule has 34 heavy (non-hydrogen) atoms. The molecule has 7 nitrogen and oxygen atoms in total. The summed E-state index contributed by atoms with van der Waals surface area (Å²) in [5.41, 5.74) is 1.77. The summed E-state index contributed by atoms with van der Waals surface area (Å²) in [4.78, 5) is 25.1. The number of Topliss-reactive ketones (excluding diaryl/α,β-unsaturated/α-hetero) is 1. The van der Waals surface area contributed by atoms with Gasteiger partial charge in [0.2, 0.25) is 11.5 Å². The molecule has 0 N–H and O–H groups in total. The Hall–Kier alpha value is -3.97. The van der Waals surface area contributed by atoms with Gasteiger partial charge >= 0.3 is 5.97 Å². The van der Waals surface area contributed by atoms with Crippen LogP contribution in [-0.2, 0) is 11.2 Å². The van der Waals surface area contributed by atoms with E-state index in [0.29, 0.717) is 39.1 Å². The molecule has 0 radical (unpaired) electrons. The number of esters is 1. The first-order valence-corrected chi connectivity index (χ1v) is 10.6. The highest BCUT2D eigenvalue weighted by atomic mass is 35.5. The number of benzene rings is 3. The first-order chi connectivity index (χ1) is 16.4. The Kier molecular flexibility index (Phi) is 6.75. The van der Waals surface area contributed by atoms with Gasteiger partial charge < -0.3 is 23.7 Å². The summed E-state index contributed by atoms with van der Waals surface area (Å²) in [6.45, 7) is 0. The number of methoxy groups -OCH3 is 3. The van der Waals surface area contributed by atoms with Gasteiger partial charge in [0.05, 0.1) is 33.3 Å². The van der Waals surface area contributed by atoms with Crippen LogP contribution in [-0.4, -0.2) is 33.1 Å². The number of ether oxygens (including phenoxy) is 5. The van der Waals surface area contributed by atoms with Crippen LogP contribution in [0, 0.1) is 0 Å². The SMILES string of the molecule is COc1cc(/C=C2\Oc3cc(OC(=O)Cc4ccc(Cl)cc4)ccc3C2=O)cc(OC)c1OC. The molecule has 0 aliphatic carbocycles. The summed E-state index contributed by atoms with van der Waals surface area (Å²) >= 11 is 5.87. The molecular weight excluding hydrogens is 460 g/mol. The molecule has 1 aliphatic rings. The molecular formula is C26H21ClO7. The fourth-order valence-corrected chi connectivity index (χ4v) is 3.63. The zero-order chi connectivity index (χ0) is 24.2. The Labute approximate surface area is 201 Å². The van der Waals surface area contributed by atoms with Gasteiger partial charge in [0.15, 0.2) is 17.3 Å². The number of carbonyl (C=O) groups excluding carboxylic acids is 2. The molecule has 0 fully saturated rings. The zero-order valence-corrected chi connectivity index (χ0v) is 19.5. The summed E-state index contributed by atoms with van der Waals surface area (Å²) in [5, 5.41) is 0.591. The van der Waals surface area contributed by atoms with Crippen molar-refractivity contribution in [3.63, 3.8) is 0 Å². The van der Waals surface area contributed by atoms with Crippen molar-refractivity contribution in [2.75, 3.05) is 21.3 Å². The largest absolute Gasteiger partial charge is 0.493 e. The Balaban J connectivity index is 1.52. The summed E-state index contributed by atoms with van der Waals surface area (Å²) < 4.78 is 27.2. The molecule has 0 unspecified atom stereocenters. The molecule has 1 heterocycles. The predicted molar refractivity (Wildman–Crippen MR) is 126 cm³/mol. The lowest BCUT2D eigenvalue weighted by molar-refractivity contribution is -0.133. The van der Waals surface area contributed by atoms with Crippen LogP contribution in [0.4, 0.5) is 0 Å². The van der Waals surface area contributed by atoms with E-state index in [2.05, 4.69) is 0 Å². The van der Waals surface area contributed by atoms with Crippen LogP contribution in [0.5, 0.6) is 28.7 Å². The van der Waals surface area contributed by atoms with Gasteiger partial charge in [-0.25, -0.2) is 0 Å². The van der Waals surface area contributed by atoms with E-state index < -0.39 is 5.97 Å². The van der Waals surface area contributed by atoms with Crippen molar-refractivity contribution < 1.29 is 33.3 Å². The first kappa shape index (κ1) is 23.2. The van der Waals surface area contributed by atoms with Crippen molar-refractivity contribution in [1.82, 2.24) is 0 Å². The van der Waals surface area contributed by atoms with Crippen LogP contribution < -0.4 is 23.7 Å². The highest BCUT2D eigenvalue weighted by molar-refractivity contribution is 6.30. The second kappa shape index (κ2) is 9.89. The normalized spacial score (nSPS) is 13.3. The standard InChI is InChI=1S/C26H21ClO7/c1-30-22-11-16(12-23(31-2)26(22)32-3)10-21-25(29)19-9-8-18(14-20(19)34-21)33-24(28)13-15-4-6-17(27)7-5-15/h4-12,14H,13H2,1-3H3/b21-10-. The molecule has 0 aromatic heterocycles. The summed E-state index contributed by atoms with van der Waals surface area (Å²) in [5.74, 6) is 1.31. The number of fused-ring (bicyclic) bond motifs is 1. The molecule has 3 aromatic carbocycles. The van der Waals surface area contributed by atoms with Crippen LogP contribution in [0.3, 0.4) is 0 Å². The lowest BCUT2D eigenvalue weighted by Gasteiger charge is -2.13. The molecule has 1 aliphatic heterocycles. The van der Waals surface area contributed by atoms with Crippen LogP contribution in [0.15, 0.2) is 60.4 Å². The topological polar surface area (TPSA) is 80.3 Å². The third-order valence-corrected chi connectivity index (χ3v) is 5.37. The third-order valence-electron chi connectivity index (χ3n) is 5.12. The van der Waals surface area contributed by atoms with E-state index in [1.54, 1.807) is 54.6 Å². The van der Waals surface area contributed by atoms with Gasteiger partial charge in [-0.2, -0.15) is 0 Å². The lowest BCUT2D eigenvalue weighted by atomic mass is 10.1. The van der Waals surface area contributed by atoms with Gasteiger partial charge in [0.1, 0.15) is 11.5 Å². The third kappa shape index (κ3) is 4.84. The summed E-state index contributed by atoms with van der Waals surface area (Å²) in [6, 6.07) is 15.0. The number of hydrogen-bond donors (Lipinski definition) is 0. The minimum Gasteiger partial charge on any atom is -0.493 e. The van der Waals surface area contributed by atoms with E-state index in [9.17, 15) is 9.59 Å². The smallest absolute Gasteiger partial charge is 0.315 e. The van der Waals surface area contributed by atoms with Gasteiger partial charge in [0, 0.05) is 11.1 Å². The number of rotatable bonds is 7. The van der Waals surface area contributed by atoms with Gasteiger partial charge in [-0.3, -0.25) is 9.59 Å². The van der Waals surface area contributed by atoms with Gasteiger partial charge in [-0.15, -0.1) is 0 Å². The lowest BCUT2D eigenvalue weighted by Crippen LogP contribution is -2.11. The van der Waals surface area contributed by atoms with E-state index in [0.717, 1.165) is 5.56 Å². The molecule has 0 amide bonds. The molecule has 0 saturated carbocycles. The molecule has 8 heteroatoms. The van der Waals surface area contributed by atoms with Crippen LogP contribution in [0.1, 0.15) is 21.5 Å². The number of hydrogen-bond acceptors (Lipinski definition) is 7. The van der Waals surface area contributed by atoms with E-state index in [1.807, 2.05) is 0 Å². The van der Waals surface area contributed by atoms with Crippen LogP contribution in [0.2, 0.25) is 5.02 Å². The second-order valence-electron chi connectivity index (χ2n) is 7.33. The number of allylic oxidation sites excluding steroid dienone is 1. The van der Waals surface area contributed by atoms with Crippen molar-refractivity contribution in [2.24, 2.45) is 0 Å².